The molecule has 0 saturated carbocycles. The lowest BCUT2D eigenvalue weighted by molar-refractivity contribution is -0.120. The van der Waals surface area contributed by atoms with Crippen molar-refractivity contribution < 1.29 is 14.3 Å². The lowest BCUT2D eigenvalue weighted by atomic mass is 10.4. The Morgan fingerprint density at radius 2 is 2.07 bits per heavy atom. The third-order valence-corrected chi connectivity index (χ3v) is 1.43. The van der Waals surface area contributed by atoms with Gasteiger partial charge in [0.2, 0.25) is 11.8 Å². The smallest absolute Gasteiger partial charge is 0.233 e. The highest BCUT2D eigenvalue weighted by atomic mass is 16.5. The van der Waals surface area contributed by atoms with Crippen molar-refractivity contribution in [3.8, 4) is 0 Å². The molecule has 0 spiro atoms. The number of carbonyl (C=O) groups is 2. The van der Waals surface area contributed by atoms with Crippen molar-refractivity contribution in [1.82, 2.24) is 10.6 Å². The minimum atomic E-state index is -0.475. The highest BCUT2D eigenvalue weighted by molar-refractivity contribution is 5.80. The highest BCUT2D eigenvalue weighted by Gasteiger charge is 2.00. The molecule has 0 saturated heterocycles. The number of hydrogen-bond acceptors (Lipinski definition) is 4. The lowest BCUT2D eigenvalue weighted by Crippen LogP contribution is -2.38. The first-order valence-corrected chi connectivity index (χ1v) is 4.41. The van der Waals surface area contributed by atoms with E-state index in [2.05, 4.69) is 10.6 Å². The predicted molar refractivity (Wildman–Crippen MR) is 51.6 cm³/mol. The lowest BCUT2D eigenvalue weighted by Gasteiger charge is -2.04. The standard InChI is InChI=1S/C8H17N3O3/c1-14-4-2-3-11-8(13)6-10-5-7(9)12/h10H,2-6H2,1H3,(H2,9,12)(H,11,13). The topological polar surface area (TPSA) is 93.4 Å². The molecule has 0 aromatic rings. The Hall–Kier alpha value is -1.14. The minimum absolute atomic E-state index is 0.0193. The summed E-state index contributed by atoms with van der Waals surface area (Å²) in [5.41, 5.74) is 4.87. The average Bonchev–Trinajstić information content (AvgIpc) is 2.12. The van der Waals surface area contributed by atoms with Crippen LogP contribution in [0.2, 0.25) is 0 Å². The van der Waals surface area contributed by atoms with E-state index in [1.165, 1.54) is 0 Å². The van der Waals surface area contributed by atoms with Gasteiger partial charge in [-0.15, -0.1) is 0 Å². The van der Waals surface area contributed by atoms with Gasteiger partial charge in [0, 0.05) is 20.3 Å². The second-order valence-corrected chi connectivity index (χ2v) is 2.77. The fourth-order valence-electron chi connectivity index (χ4n) is 0.806. The largest absolute Gasteiger partial charge is 0.385 e. The van der Waals surface area contributed by atoms with E-state index < -0.39 is 5.91 Å². The van der Waals surface area contributed by atoms with Crippen molar-refractivity contribution in [1.29, 1.82) is 0 Å². The number of amides is 2. The third-order valence-electron chi connectivity index (χ3n) is 1.43. The highest BCUT2D eigenvalue weighted by Crippen LogP contribution is 1.76. The molecule has 6 nitrogen and oxygen atoms in total. The van der Waals surface area contributed by atoms with Crippen molar-refractivity contribution in [2.75, 3.05) is 33.4 Å². The molecule has 0 fully saturated rings. The summed E-state index contributed by atoms with van der Waals surface area (Å²) in [4.78, 5) is 21.3. The summed E-state index contributed by atoms with van der Waals surface area (Å²) in [7, 11) is 1.61. The van der Waals surface area contributed by atoms with Crippen LogP contribution < -0.4 is 16.4 Å². The number of carbonyl (C=O) groups excluding carboxylic acids is 2. The van der Waals surface area contributed by atoms with Gasteiger partial charge in [-0.2, -0.15) is 0 Å². The van der Waals surface area contributed by atoms with Crippen LogP contribution in [0.5, 0.6) is 0 Å². The molecule has 0 aromatic heterocycles. The maximum atomic E-state index is 11.0. The molecule has 2 amide bonds. The van der Waals surface area contributed by atoms with Crippen LogP contribution in [-0.2, 0) is 14.3 Å². The van der Waals surface area contributed by atoms with E-state index in [4.69, 9.17) is 10.5 Å². The minimum Gasteiger partial charge on any atom is -0.385 e. The van der Waals surface area contributed by atoms with E-state index in [0.717, 1.165) is 6.42 Å². The second kappa shape index (κ2) is 8.46. The van der Waals surface area contributed by atoms with Gasteiger partial charge in [0.1, 0.15) is 0 Å². The Morgan fingerprint density at radius 3 is 2.64 bits per heavy atom. The normalized spacial score (nSPS) is 9.79. The van der Waals surface area contributed by atoms with Gasteiger partial charge in [0.25, 0.3) is 0 Å². The zero-order valence-corrected chi connectivity index (χ0v) is 8.34. The van der Waals surface area contributed by atoms with Crippen molar-refractivity contribution in [2.24, 2.45) is 5.73 Å². The van der Waals surface area contributed by atoms with Crippen LogP contribution in [0.1, 0.15) is 6.42 Å². The fraction of sp³-hybridized carbons (Fsp3) is 0.750. The van der Waals surface area contributed by atoms with Crippen LogP contribution in [0.4, 0.5) is 0 Å². The number of primary amides is 1. The van der Waals surface area contributed by atoms with Crippen LogP contribution in [0.3, 0.4) is 0 Å². The molecule has 82 valence electrons. The zero-order valence-electron chi connectivity index (χ0n) is 8.34. The molecule has 4 N–H and O–H groups in total. The van der Waals surface area contributed by atoms with E-state index in [-0.39, 0.29) is 19.0 Å². The molecule has 0 aliphatic carbocycles. The van der Waals surface area contributed by atoms with E-state index >= 15 is 0 Å². The van der Waals surface area contributed by atoms with Crippen molar-refractivity contribution in [3.63, 3.8) is 0 Å². The van der Waals surface area contributed by atoms with Gasteiger partial charge in [-0.3, -0.25) is 14.9 Å². The maximum absolute atomic E-state index is 11.0. The molecule has 6 heteroatoms. The monoisotopic (exact) mass is 203 g/mol. The summed E-state index contributed by atoms with van der Waals surface area (Å²) < 4.78 is 4.81. The molecule has 0 aliphatic heterocycles. The predicted octanol–water partition coefficient (Wildman–Crippen LogP) is -1.79. The average molecular weight is 203 g/mol. The van der Waals surface area contributed by atoms with Crippen LogP contribution in [-0.4, -0.2) is 45.2 Å². The summed E-state index contributed by atoms with van der Waals surface area (Å²) in [6.45, 7) is 1.32. The summed E-state index contributed by atoms with van der Waals surface area (Å²) in [6.07, 6.45) is 0.776. The summed E-state index contributed by atoms with van der Waals surface area (Å²) in [6, 6.07) is 0. The van der Waals surface area contributed by atoms with Crippen molar-refractivity contribution in [2.45, 2.75) is 6.42 Å². The van der Waals surface area contributed by atoms with Crippen molar-refractivity contribution >= 4 is 11.8 Å². The van der Waals surface area contributed by atoms with Gasteiger partial charge in [-0.1, -0.05) is 0 Å². The summed E-state index contributed by atoms with van der Waals surface area (Å²) in [5, 5.41) is 5.27. The molecule has 0 rings (SSSR count). The van der Waals surface area contributed by atoms with Crippen LogP contribution in [0.15, 0.2) is 0 Å². The molecule has 0 aromatic carbocycles. The summed E-state index contributed by atoms with van der Waals surface area (Å²) in [5.74, 6) is -0.625. The molecular formula is C8H17N3O3. The Labute approximate surface area is 83.2 Å². The second-order valence-electron chi connectivity index (χ2n) is 2.77. The number of hydrogen-bond donors (Lipinski definition) is 3. The SMILES string of the molecule is COCCCNC(=O)CNCC(N)=O. The quantitative estimate of drug-likeness (QED) is 0.406. The van der Waals surface area contributed by atoms with E-state index in [1.807, 2.05) is 0 Å². The van der Waals surface area contributed by atoms with Gasteiger partial charge in [-0.25, -0.2) is 0 Å². The number of methoxy groups -OCH3 is 1. The number of nitrogens with one attached hydrogen (secondary N) is 2. The van der Waals surface area contributed by atoms with Gasteiger partial charge in [-0.05, 0) is 6.42 Å². The van der Waals surface area contributed by atoms with Crippen LogP contribution in [0, 0.1) is 0 Å². The molecule has 0 heterocycles. The first-order valence-electron chi connectivity index (χ1n) is 4.41. The van der Waals surface area contributed by atoms with Gasteiger partial charge < -0.3 is 15.8 Å². The van der Waals surface area contributed by atoms with Crippen LogP contribution >= 0.6 is 0 Å². The molecule has 14 heavy (non-hydrogen) atoms. The first kappa shape index (κ1) is 12.9. The molecule has 0 unspecified atom stereocenters. The Balaban J connectivity index is 3.24. The third kappa shape index (κ3) is 8.95. The number of ether oxygens (including phenoxy) is 1. The van der Waals surface area contributed by atoms with Gasteiger partial charge in [0.05, 0.1) is 13.1 Å². The molecular weight excluding hydrogens is 186 g/mol. The van der Waals surface area contributed by atoms with Crippen molar-refractivity contribution in [3.05, 3.63) is 0 Å². The molecule has 0 aliphatic rings. The fourth-order valence-corrected chi connectivity index (χ4v) is 0.806. The number of rotatable bonds is 8. The Bertz CT molecular complexity index is 185. The van der Waals surface area contributed by atoms with Crippen LogP contribution in [0.25, 0.3) is 0 Å². The van der Waals surface area contributed by atoms with E-state index in [1.54, 1.807) is 7.11 Å². The van der Waals surface area contributed by atoms with Gasteiger partial charge in [0.15, 0.2) is 0 Å². The number of nitrogens with two attached hydrogens (primary N) is 1. The Kier molecular flexibility index (Phi) is 7.77. The zero-order chi connectivity index (χ0) is 10.8. The Morgan fingerprint density at radius 1 is 1.36 bits per heavy atom. The molecule has 0 bridgehead atoms. The molecule has 0 atom stereocenters. The first-order chi connectivity index (χ1) is 6.66. The van der Waals surface area contributed by atoms with E-state index in [9.17, 15) is 9.59 Å². The van der Waals surface area contributed by atoms with Gasteiger partial charge >= 0.3 is 0 Å². The van der Waals surface area contributed by atoms with E-state index in [0.29, 0.717) is 13.2 Å². The maximum Gasteiger partial charge on any atom is 0.233 e. The summed E-state index contributed by atoms with van der Waals surface area (Å²) >= 11 is 0. The molecule has 0 radical (unpaired) electrons.